The minimum atomic E-state index is -0.536. The van der Waals surface area contributed by atoms with Crippen LogP contribution in [0.1, 0.15) is 10.4 Å². The van der Waals surface area contributed by atoms with Gasteiger partial charge in [-0.05, 0) is 28.1 Å². The van der Waals surface area contributed by atoms with Crippen LogP contribution in [0.3, 0.4) is 0 Å². The number of rotatable bonds is 6. The first-order valence-corrected chi connectivity index (χ1v) is 5.65. The second kappa shape index (κ2) is 6.97. The molecule has 0 unspecified atom stereocenters. The number of halogens is 1. The molecule has 0 saturated heterocycles. The van der Waals surface area contributed by atoms with Gasteiger partial charge in [-0.1, -0.05) is 0 Å². The van der Waals surface area contributed by atoms with Crippen LogP contribution in [0.5, 0.6) is 0 Å². The first-order chi connectivity index (χ1) is 8.11. The molecule has 7 heteroatoms. The highest BCUT2D eigenvalue weighted by Gasteiger charge is 2.09. The van der Waals surface area contributed by atoms with Crippen molar-refractivity contribution in [3.63, 3.8) is 0 Å². The fourth-order valence-corrected chi connectivity index (χ4v) is 1.49. The molecule has 17 heavy (non-hydrogen) atoms. The van der Waals surface area contributed by atoms with Crippen LogP contribution in [0.2, 0.25) is 0 Å². The molecular formula is C10H12BrN3O3. The van der Waals surface area contributed by atoms with Gasteiger partial charge in [0.15, 0.2) is 0 Å². The predicted molar refractivity (Wildman–Crippen MR) is 64.3 cm³/mol. The molecule has 0 bridgehead atoms. The monoisotopic (exact) mass is 301 g/mol. The maximum absolute atomic E-state index is 11.6. The van der Waals surface area contributed by atoms with E-state index in [0.717, 1.165) is 0 Å². The highest BCUT2D eigenvalue weighted by Crippen LogP contribution is 2.11. The van der Waals surface area contributed by atoms with Gasteiger partial charge in [0, 0.05) is 12.7 Å². The van der Waals surface area contributed by atoms with Crippen LogP contribution in [0.4, 0.5) is 0 Å². The number of hydrogen-bond donors (Lipinski definition) is 2. The van der Waals surface area contributed by atoms with Gasteiger partial charge in [0.2, 0.25) is 5.91 Å². The number of pyridine rings is 1. The molecule has 0 aromatic carbocycles. The minimum absolute atomic E-state index is 0.146. The molecule has 0 aliphatic carbocycles. The summed E-state index contributed by atoms with van der Waals surface area (Å²) in [6.07, 6.45) is 1.58. The van der Waals surface area contributed by atoms with Crippen molar-refractivity contribution in [2.45, 2.75) is 0 Å². The molecule has 1 aromatic heterocycles. The number of nitrogens with zero attached hydrogens (tertiary/aromatic N) is 1. The fourth-order valence-electron chi connectivity index (χ4n) is 1.06. The van der Waals surface area contributed by atoms with Gasteiger partial charge in [0.1, 0.15) is 11.2 Å². The van der Waals surface area contributed by atoms with Crippen molar-refractivity contribution < 1.29 is 14.3 Å². The van der Waals surface area contributed by atoms with E-state index < -0.39 is 5.91 Å². The molecule has 1 rings (SSSR count). The largest absolute Gasteiger partial charge is 0.370 e. The molecule has 6 nitrogen and oxygen atoms in total. The summed E-state index contributed by atoms with van der Waals surface area (Å²) in [5.41, 5.74) is 5.33. The smallest absolute Gasteiger partial charge is 0.254 e. The second-order valence-corrected chi connectivity index (χ2v) is 3.87. The molecule has 0 fully saturated rings. The molecular weight excluding hydrogens is 290 g/mol. The molecule has 1 heterocycles. The van der Waals surface area contributed by atoms with Crippen molar-refractivity contribution >= 4 is 27.7 Å². The third kappa shape index (κ3) is 4.92. The number of ether oxygens (including phenoxy) is 1. The zero-order valence-electron chi connectivity index (χ0n) is 8.98. The molecule has 92 valence electrons. The topological polar surface area (TPSA) is 94.3 Å². The average molecular weight is 302 g/mol. The lowest BCUT2D eigenvalue weighted by Gasteiger charge is -2.06. The number of primary amides is 1. The normalized spacial score (nSPS) is 9.94. The second-order valence-electron chi connectivity index (χ2n) is 3.12. The Morgan fingerprint density at radius 3 is 2.94 bits per heavy atom. The van der Waals surface area contributed by atoms with Crippen molar-refractivity contribution in [2.75, 3.05) is 19.8 Å². The molecule has 0 radical (unpaired) electrons. The predicted octanol–water partition coefficient (Wildman–Crippen LogP) is 0.0758. The van der Waals surface area contributed by atoms with E-state index in [1.807, 2.05) is 0 Å². The van der Waals surface area contributed by atoms with E-state index in [1.54, 1.807) is 18.3 Å². The summed E-state index contributed by atoms with van der Waals surface area (Å²) in [6.45, 7) is 0.381. The molecule has 3 N–H and O–H groups in total. The van der Waals surface area contributed by atoms with Gasteiger partial charge in [0.05, 0.1) is 12.2 Å². The SMILES string of the molecule is NC(=O)COCCNC(=O)c1cccnc1Br. The van der Waals surface area contributed by atoms with Crippen molar-refractivity contribution in [3.05, 3.63) is 28.5 Å². The van der Waals surface area contributed by atoms with E-state index in [-0.39, 0.29) is 19.1 Å². The standard InChI is InChI=1S/C10H12BrN3O3/c11-9-7(2-1-3-13-9)10(16)14-4-5-17-6-8(12)15/h1-3H,4-6H2,(H2,12,15)(H,14,16). The first kappa shape index (κ1) is 13.6. The van der Waals surface area contributed by atoms with Gasteiger partial charge < -0.3 is 15.8 Å². The molecule has 0 aliphatic heterocycles. The lowest BCUT2D eigenvalue weighted by molar-refractivity contribution is -0.122. The number of nitrogens with two attached hydrogens (primary N) is 1. The Morgan fingerprint density at radius 1 is 1.53 bits per heavy atom. The number of carbonyl (C=O) groups is 2. The van der Waals surface area contributed by atoms with Gasteiger partial charge in [-0.2, -0.15) is 0 Å². The van der Waals surface area contributed by atoms with Crippen molar-refractivity contribution in [3.8, 4) is 0 Å². The third-order valence-electron chi connectivity index (χ3n) is 1.78. The summed E-state index contributed by atoms with van der Waals surface area (Å²) in [6, 6.07) is 3.32. The molecule has 0 spiro atoms. The van der Waals surface area contributed by atoms with Crippen LogP contribution in [-0.2, 0) is 9.53 Å². The Labute approximate surface area is 107 Å². The molecule has 0 aliphatic rings. The van der Waals surface area contributed by atoms with E-state index in [0.29, 0.717) is 16.7 Å². The van der Waals surface area contributed by atoms with Gasteiger partial charge in [-0.3, -0.25) is 9.59 Å². The summed E-state index contributed by atoms with van der Waals surface area (Å²) in [5.74, 6) is -0.793. The van der Waals surface area contributed by atoms with Crippen molar-refractivity contribution in [1.29, 1.82) is 0 Å². The Balaban J connectivity index is 2.31. The van der Waals surface area contributed by atoms with Gasteiger partial charge in [-0.15, -0.1) is 0 Å². The number of nitrogens with one attached hydrogen (secondary N) is 1. The quantitative estimate of drug-likeness (QED) is 0.574. The van der Waals surface area contributed by atoms with Crippen LogP contribution >= 0.6 is 15.9 Å². The third-order valence-corrected chi connectivity index (χ3v) is 2.41. The van der Waals surface area contributed by atoms with E-state index >= 15 is 0 Å². The molecule has 0 saturated carbocycles. The highest BCUT2D eigenvalue weighted by atomic mass is 79.9. The minimum Gasteiger partial charge on any atom is -0.370 e. The Morgan fingerprint density at radius 2 is 2.29 bits per heavy atom. The lowest BCUT2D eigenvalue weighted by Crippen LogP contribution is -2.29. The van der Waals surface area contributed by atoms with Crippen LogP contribution < -0.4 is 11.1 Å². The summed E-state index contributed by atoms with van der Waals surface area (Å²) in [4.78, 5) is 25.9. The maximum Gasteiger partial charge on any atom is 0.254 e. The molecule has 2 amide bonds. The Bertz CT molecular complexity index is 412. The van der Waals surface area contributed by atoms with Crippen LogP contribution in [-0.4, -0.2) is 36.6 Å². The number of amides is 2. The molecule has 1 aromatic rings. The van der Waals surface area contributed by atoms with Crippen LogP contribution in [0, 0.1) is 0 Å². The molecule has 0 atom stereocenters. The van der Waals surface area contributed by atoms with Gasteiger partial charge >= 0.3 is 0 Å². The number of carbonyl (C=O) groups excluding carboxylic acids is 2. The maximum atomic E-state index is 11.6. The van der Waals surface area contributed by atoms with E-state index in [9.17, 15) is 9.59 Å². The van der Waals surface area contributed by atoms with E-state index in [1.165, 1.54) is 0 Å². The average Bonchev–Trinajstić information content (AvgIpc) is 2.28. The van der Waals surface area contributed by atoms with Crippen LogP contribution in [0.25, 0.3) is 0 Å². The zero-order chi connectivity index (χ0) is 12.7. The zero-order valence-corrected chi connectivity index (χ0v) is 10.6. The summed E-state index contributed by atoms with van der Waals surface area (Å²) in [5, 5.41) is 2.63. The van der Waals surface area contributed by atoms with E-state index in [2.05, 4.69) is 26.2 Å². The summed E-state index contributed by atoms with van der Waals surface area (Å²) < 4.78 is 5.38. The van der Waals surface area contributed by atoms with Crippen molar-refractivity contribution in [2.24, 2.45) is 5.73 Å². The van der Waals surface area contributed by atoms with Crippen LogP contribution in [0.15, 0.2) is 22.9 Å². The van der Waals surface area contributed by atoms with Crippen molar-refractivity contribution in [1.82, 2.24) is 10.3 Å². The number of aromatic nitrogens is 1. The number of hydrogen-bond acceptors (Lipinski definition) is 4. The highest BCUT2D eigenvalue weighted by molar-refractivity contribution is 9.10. The van der Waals surface area contributed by atoms with Gasteiger partial charge in [0.25, 0.3) is 5.91 Å². The Hall–Kier alpha value is -1.47. The fraction of sp³-hybridized carbons (Fsp3) is 0.300. The summed E-state index contributed by atoms with van der Waals surface area (Å²) >= 11 is 3.17. The Kier molecular flexibility index (Phi) is 5.58. The van der Waals surface area contributed by atoms with E-state index in [4.69, 9.17) is 10.5 Å². The lowest BCUT2D eigenvalue weighted by atomic mass is 10.3. The van der Waals surface area contributed by atoms with Gasteiger partial charge in [-0.25, -0.2) is 4.98 Å². The first-order valence-electron chi connectivity index (χ1n) is 4.86. The summed E-state index contributed by atoms with van der Waals surface area (Å²) in [7, 11) is 0.